The van der Waals surface area contributed by atoms with Crippen molar-refractivity contribution in [3.05, 3.63) is 12.2 Å². The molecule has 1 unspecified atom stereocenters. The molecule has 0 aliphatic carbocycles. The molecule has 0 heterocycles. The molecule has 2 heteroatoms. The first kappa shape index (κ1) is 9.37. The van der Waals surface area contributed by atoms with Gasteiger partial charge in [0.05, 0.1) is 6.10 Å². The Hall–Kier alpha value is -0.630. The lowest BCUT2D eigenvalue weighted by atomic mass is 10.2. The average molecular weight is 142 g/mol. The minimum absolute atomic E-state index is 0.167. The SMILES string of the molecule is CCC(/C=C/CC=O)OC. The lowest BCUT2D eigenvalue weighted by Crippen LogP contribution is -2.03. The van der Waals surface area contributed by atoms with E-state index in [9.17, 15) is 4.79 Å². The molecule has 0 aromatic carbocycles. The summed E-state index contributed by atoms with van der Waals surface area (Å²) in [7, 11) is 1.67. The van der Waals surface area contributed by atoms with Crippen molar-refractivity contribution in [2.24, 2.45) is 0 Å². The van der Waals surface area contributed by atoms with Gasteiger partial charge >= 0.3 is 0 Å². The summed E-state index contributed by atoms with van der Waals surface area (Å²) in [5, 5.41) is 0. The molecule has 0 saturated heterocycles. The van der Waals surface area contributed by atoms with Crippen molar-refractivity contribution in [3.63, 3.8) is 0 Å². The van der Waals surface area contributed by atoms with Crippen LogP contribution in [0.25, 0.3) is 0 Å². The predicted octanol–water partition coefficient (Wildman–Crippen LogP) is 1.56. The maximum atomic E-state index is 9.87. The van der Waals surface area contributed by atoms with Gasteiger partial charge in [-0.15, -0.1) is 0 Å². The number of methoxy groups -OCH3 is 1. The Kier molecular flexibility index (Phi) is 6.08. The molecule has 10 heavy (non-hydrogen) atoms. The van der Waals surface area contributed by atoms with Crippen LogP contribution in [0.1, 0.15) is 19.8 Å². The van der Waals surface area contributed by atoms with Gasteiger partial charge < -0.3 is 9.53 Å². The molecule has 0 aromatic rings. The summed E-state index contributed by atoms with van der Waals surface area (Å²) in [6, 6.07) is 0. The Morgan fingerprint density at radius 3 is 2.70 bits per heavy atom. The van der Waals surface area contributed by atoms with Gasteiger partial charge in [-0.1, -0.05) is 19.1 Å². The van der Waals surface area contributed by atoms with E-state index in [1.807, 2.05) is 19.1 Å². The van der Waals surface area contributed by atoms with Crippen molar-refractivity contribution in [3.8, 4) is 0 Å². The topological polar surface area (TPSA) is 26.3 Å². The van der Waals surface area contributed by atoms with E-state index in [0.29, 0.717) is 6.42 Å². The molecule has 0 aliphatic rings. The van der Waals surface area contributed by atoms with Crippen LogP contribution >= 0.6 is 0 Å². The number of hydrogen-bond acceptors (Lipinski definition) is 2. The summed E-state index contributed by atoms with van der Waals surface area (Å²) in [6.45, 7) is 2.04. The van der Waals surface area contributed by atoms with E-state index in [2.05, 4.69) is 0 Å². The Bertz CT molecular complexity index is 104. The second-order valence-electron chi connectivity index (χ2n) is 2.01. The van der Waals surface area contributed by atoms with E-state index in [4.69, 9.17) is 4.74 Å². The van der Waals surface area contributed by atoms with Crippen molar-refractivity contribution in [1.29, 1.82) is 0 Å². The molecule has 0 aliphatic heterocycles. The Morgan fingerprint density at radius 2 is 2.30 bits per heavy atom. The molecule has 0 aromatic heterocycles. The summed E-state index contributed by atoms with van der Waals surface area (Å²) in [5.41, 5.74) is 0. The van der Waals surface area contributed by atoms with Crippen molar-refractivity contribution >= 4 is 6.29 Å². The maximum absolute atomic E-state index is 9.87. The molecule has 0 bridgehead atoms. The third-order valence-electron chi connectivity index (χ3n) is 1.29. The molecule has 0 N–H and O–H groups in total. The normalized spacial score (nSPS) is 13.8. The zero-order valence-corrected chi connectivity index (χ0v) is 6.54. The highest BCUT2D eigenvalue weighted by atomic mass is 16.5. The predicted molar refractivity (Wildman–Crippen MR) is 40.9 cm³/mol. The monoisotopic (exact) mass is 142 g/mol. The van der Waals surface area contributed by atoms with Gasteiger partial charge in [0.1, 0.15) is 6.29 Å². The first-order valence-electron chi connectivity index (χ1n) is 3.48. The first-order chi connectivity index (χ1) is 4.85. The quantitative estimate of drug-likeness (QED) is 0.430. The summed E-state index contributed by atoms with van der Waals surface area (Å²) in [4.78, 5) is 9.87. The number of carbonyl (C=O) groups is 1. The Labute approximate surface area is 61.9 Å². The maximum Gasteiger partial charge on any atom is 0.123 e. The van der Waals surface area contributed by atoms with Crippen LogP contribution in [0.3, 0.4) is 0 Å². The molecular weight excluding hydrogens is 128 g/mol. The second kappa shape index (κ2) is 6.49. The van der Waals surface area contributed by atoms with E-state index in [-0.39, 0.29) is 6.10 Å². The van der Waals surface area contributed by atoms with Gasteiger partial charge in [0.15, 0.2) is 0 Å². The van der Waals surface area contributed by atoms with Gasteiger partial charge in [-0.25, -0.2) is 0 Å². The zero-order chi connectivity index (χ0) is 7.82. The van der Waals surface area contributed by atoms with Crippen molar-refractivity contribution in [2.45, 2.75) is 25.9 Å². The van der Waals surface area contributed by atoms with Crippen LogP contribution < -0.4 is 0 Å². The Balaban J connectivity index is 3.49. The van der Waals surface area contributed by atoms with Crippen LogP contribution in [0, 0.1) is 0 Å². The fourth-order valence-electron chi connectivity index (χ4n) is 0.667. The number of carbonyl (C=O) groups excluding carboxylic acids is 1. The minimum Gasteiger partial charge on any atom is -0.377 e. The first-order valence-corrected chi connectivity index (χ1v) is 3.48. The number of rotatable bonds is 5. The molecule has 0 rings (SSSR count). The Morgan fingerprint density at radius 1 is 1.60 bits per heavy atom. The lowest BCUT2D eigenvalue weighted by molar-refractivity contribution is -0.107. The van der Waals surface area contributed by atoms with Crippen LogP contribution in [0.15, 0.2) is 12.2 Å². The standard InChI is InChI=1S/C8H14O2/c1-3-8(10-2)6-4-5-7-9/h4,6-8H,3,5H2,1-2H3/b6-4+. The van der Waals surface area contributed by atoms with E-state index in [0.717, 1.165) is 12.7 Å². The highest BCUT2D eigenvalue weighted by Gasteiger charge is 1.94. The van der Waals surface area contributed by atoms with Crippen LogP contribution in [0.5, 0.6) is 0 Å². The van der Waals surface area contributed by atoms with E-state index in [1.165, 1.54) is 0 Å². The number of allylic oxidation sites excluding steroid dienone is 1. The van der Waals surface area contributed by atoms with E-state index >= 15 is 0 Å². The molecule has 0 amide bonds. The molecular formula is C8H14O2. The minimum atomic E-state index is 0.167. The van der Waals surface area contributed by atoms with Crippen LogP contribution in [-0.2, 0) is 9.53 Å². The van der Waals surface area contributed by atoms with Gasteiger partial charge in [-0.3, -0.25) is 0 Å². The number of aldehydes is 1. The molecule has 58 valence electrons. The van der Waals surface area contributed by atoms with Crippen molar-refractivity contribution in [2.75, 3.05) is 7.11 Å². The largest absolute Gasteiger partial charge is 0.377 e. The zero-order valence-electron chi connectivity index (χ0n) is 6.54. The lowest BCUT2D eigenvalue weighted by Gasteiger charge is -2.05. The highest BCUT2D eigenvalue weighted by Crippen LogP contribution is 1.97. The van der Waals surface area contributed by atoms with Crippen molar-refractivity contribution in [1.82, 2.24) is 0 Å². The smallest absolute Gasteiger partial charge is 0.123 e. The van der Waals surface area contributed by atoms with Crippen molar-refractivity contribution < 1.29 is 9.53 Å². The van der Waals surface area contributed by atoms with Crippen LogP contribution in [0.4, 0.5) is 0 Å². The summed E-state index contributed by atoms with van der Waals surface area (Å²) < 4.78 is 5.04. The van der Waals surface area contributed by atoms with Crippen LogP contribution in [0.2, 0.25) is 0 Å². The molecule has 0 saturated carbocycles. The van der Waals surface area contributed by atoms with Gasteiger partial charge in [-0.2, -0.15) is 0 Å². The van der Waals surface area contributed by atoms with E-state index < -0.39 is 0 Å². The number of ether oxygens (including phenoxy) is 1. The van der Waals surface area contributed by atoms with Gasteiger partial charge in [0, 0.05) is 13.5 Å². The average Bonchev–Trinajstić information content (AvgIpc) is 1.99. The summed E-state index contributed by atoms with van der Waals surface area (Å²) in [5.74, 6) is 0. The third-order valence-corrected chi connectivity index (χ3v) is 1.29. The molecule has 0 fully saturated rings. The fourth-order valence-corrected chi connectivity index (χ4v) is 0.667. The third kappa shape index (κ3) is 4.27. The molecule has 2 nitrogen and oxygen atoms in total. The van der Waals surface area contributed by atoms with E-state index in [1.54, 1.807) is 7.11 Å². The highest BCUT2D eigenvalue weighted by molar-refractivity contribution is 5.51. The van der Waals surface area contributed by atoms with Crippen LogP contribution in [-0.4, -0.2) is 19.5 Å². The van der Waals surface area contributed by atoms with Gasteiger partial charge in [-0.05, 0) is 6.42 Å². The molecule has 0 spiro atoms. The fraction of sp³-hybridized carbons (Fsp3) is 0.625. The van der Waals surface area contributed by atoms with Gasteiger partial charge in [0.2, 0.25) is 0 Å². The molecule has 0 radical (unpaired) electrons. The summed E-state index contributed by atoms with van der Waals surface area (Å²) in [6.07, 6.45) is 6.21. The molecule has 1 atom stereocenters. The number of hydrogen-bond donors (Lipinski definition) is 0. The van der Waals surface area contributed by atoms with Gasteiger partial charge in [0.25, 0.3) is 0 Å². The summed E-state index contributed by atoms with van der Waals surface area (Å²) >= 11 is 0. The second-order valence-corrected chi connectivity index (χ2v) is 2.01.